The minimum Gasteiger partial charge on any atom is -0.490 e. The van der Waals surface area contributed by atoms with Crippen LogP contribution in [-0.2, 0) is 0 Å². The van der Waals surface area contributed by atoms with Crippen molar-refractivity contribution in [2.45, 2.75) is 6.04 Å². The van der Waals surface area contributed by atoms with Crippen molar-refractivity contribution in [3.63, 3.8) is 0 Å². The number of nitrogens with zero attached hydrogens (tertiary/aromatic N) is 4. The largest absolute Gasteiger partial charge is 0.490 e. The zero-order valence-corrected chi connectivity index (χ0v) is 8.89. The molecule has 17 heavy (non-hydrogen) atoms. The second-order valence-electron chi connectivity index (χ2n) is 3.68. The van der Waals surface area contributed by atoms with Crippen LogP contribution in [0.5, 0.6) is 5.75 Å². The van der Waals surface area contributed by atoms with Crippen molar-refractivity contribution in [1.29, 1.82) is 0 Å². The lowest BCUT2D eigenvalue weighted by Gasteiger charge is -2.25. The highest BCUT2D eigenvalue weighted by Gasteiger charge is 2.29. The van der Waals surface area contributed by atoms with Crippen LogP contribution in [0.4, 0.5) is 0 Å². The van der Waals surface area contributed by atoms with Crippen molar-refractivity contribution in [1.82, 2.24) is 14.8 Å². The van der Waals surface area contributed by atoms with Gasteiger partial charge in [-0.1, -0.05) is 17.3 Å². The molecule has 2 aromatic rings. The smallest absolute Gasteiger partial charge is 0.137 e. The molecule has 0 radical (unpaired) electrons. The number of ether oxygens (including phenoxy) is 1. The number of oxime groups is 1. The van der Waals surface area contributed by atoms with E-state index in [0.717, 1.165) is 11.3 Å². The number of fused-ring (bicyclic) bond motifs is 1. The van der Waals surface area contributed by atoms with E-state index in [9.17, 15) is 5.21 Å². The normalized spacial score (nSPS) is 20.9. The van der Waals surface area contributed by atoms with Crippen LogP contribution < -0.4 is 4.74 Å². The van der Waals surface area contributed by atoms with Crippen molar-refractivity contribution in [2.75, 3.05) is 6.61 Å². The first-order valence-electron chi connectivity index (χ1n) is 5.18. The first-order valence-corrected chi connectivity index (χ1v) is 5.18. The van der Waals surface area contributed by atoms with Crippen LogP contribution in [0.1, 0.15) is 11.6 Å². The average Bonchev–Trinajstić information content (AvgIpc) is 2.91. The van der Waals surface area contributed by atoms with Crippen molar-refractivity contribution in [2.24, 2.45) is 5.16 Å². The summed E-state index contributed by atoms with van der Waals surface area (Å²) in [6.07, 6.45) is 3.02. The summed E-state index contributed by atoms with van der Waals surface area (Å²) < 4.78 is 7.23. The van der Waals surface area contributed by atoms with Gasteiger partial charge in [-0.15, -0.1) is 0 Å². The van der Waals surface area contributed by atoms with E-state index in [4.69, 9.17) is 4.74 Å². The third kappa shape index (κ3) is 1.54. The van der Waals surface area contributed by atoms with Gasteiger partial charge in [-0.3, -0.25) is 0 Å². The van der Waals surface area contributed by atoms with Crippen molar-refractivity contribution in [3.8, 4) is 5.75 Å². The standard InChI is InChI=1S/C11H10N4O2/c16-14-11-8-3-1-2-4-10(8)17-5-9(11)15-7-12-6-13-15/h1-4,6-7,9,16H,5H2/b14-11-. The number of aromatic nitrogens is 3. The molecule has 0 amide bonds. The van der Waals surface area contributed by atoms with Crippen LogP contribution in [0.2, 0.25) is 0 Å². The fourth-order valence-corrected chi connectivity index (χ4v) is 1.93. The Morgan fingerprint density at radius 2 is 2.29 bits per heavy atom. The minimum absolute atomic E-state index is 0.252. The van der Waals surface area contributed by atoms with Gasteiger partial charge in [0.25, 0.3) is 0 Å². The van der Waals surface area contributed by atoms with Crippen LogP contribution in [0.15, 0.2) is 42.1 Å². The summed E-state index contributed by atoms with van der Waals surface area (Å²) in [5.41, 5.74) is 1.32. The number of rotatable bonds is 1. The molecule has 0 aliphatic carbocycles. The monoisotopic (exact) mass is 230 g/mol. The second-order valence-corrected chi connectivity index (χ2v) is 3.68. The van der Waals surface area contributed by atoms with E-state index in [1.165, 1.54) is 6.33 Å². The first-order chi connectivity index (χ1) is 8.40. The molecule has 2 heterocycles. The van der Waals surface area contributed by atoms with Crippen LogP contribution in [0.25, 0.3) is 0 Å². The van der Waals surface area contributed by atoms with Gasteiger partial charge >= 0.3 is 0 Å². The van der Waals surface area contributed by atoms with Crippen molar-refractivity contribution >= 4 is 5.71 Å². The molecule has 1 aliphatic heterocycles. The zero-order valence-electron chi connectivity index (χ0n) is 8.89. The summed E-state index contributed by atoms with van der Waals surface area (Å²) in [6.45, 7) is 0.375. The molecule has 6 heteroatoms. The van der Waals surface area contributed by atoms with Crippen LogP contribution >= 0.6 is 0 Å². The molecule has 0 saturated heterocycles. The van der Waals surface area contributed by atoms with Crippen molar-refractivity contribution < 1.29 is 9.94 Å². The van der Waals surface area contributed by atoms with E-state index < -0.39 is 0 Å². The van der Waals surface area contributed by atoms with Gasteiger partial charge in [0.2, 0.25) is 0 Å². The van der Waals surface area contributed by atoms with Crippen molar-refractivity contribution in [3.05, 3.63) is 42.5 Å². The molecule has 1 N–H and O–H groups in total. The Hall–Kier alpha value is -2.37. The highest BCUT2D eigenvalue weighted by molar-refractivity contribution is 6.05. The molecule has 1 atom stereocenters. The lowest BCUT2D eigenvalue weighted by molar-refractivity contribution is 0.254. The second kappa shape index (κ2) is 3.89. The summed E-state index contributed by atoms with van der Waals surface area (Å²) >= 11 is 0. The third-order valence-corrected chi connectivity index (χ3v) is 2.74. The van der Waals surface area contributed by atoms with Crippen LogP contribution in [-0.4, -0.2) is 32.3 Å². The summed E-state index contributed by atoms with van der Waals surface area (Å²) in [5.74, 6) is 0.719. The molecule has 1 aromatic heterocycles. The predicted octanol–water partition coefficient (Wildman–Crippen LogP) is 1.09. The fraction of sp³-hybridized carbons (Fsp3) is 0.182. The van der Waals surface area contributed by atoms with Gasteiger partial charge in [0.15, 0.2) is 0 Å². The summed E-state index contributed by atoms with van der Waals surface area (Å²) in [5, 5.41) is 16.6. The van der Waals surface area contributed by atoms with E-state index in [-0.39, 0.29) is 6.04 Å². The quantitative estimate of drug-likeness (QED) is 0.588. The molecule has 6 nitrogen and oxygen atoms in total. The molecule has 1 aromatic carbocycles. The molecular weight excluding hydrogens is 220 g/mol. The molecular formula is C11H10N4O2. The maximum atomic E-state index is 9.18. The van der Waals surface area contributed by atoms with Gasteiger partial charge in [0.05, 0.1) is 0 Å². The predicted molar refractivity (Wildman–Crippen MR) is 59.3 cm³/mol. The van der Waals surface area contributed by atoms with E-state index in [0.29, 0.717) is 12.3 Å². The van der Waals surface area contributed by atoms with Gasteiger partial charge < -0.3 is 9.94 Å². The Morgan fingerprint density at radius 3 is 3.06 bits per heavy atom. The highest BCUT2D eigenvalue weighted by atomic mass is 16.5. The highest BCUT2D eigenvalue weighted by Crippen LogP contribution is 2.29. The molecule has 0 fully saturated rings. The molecule has 3 rings (SSSR count). The average molecular weight is 230 g/mol. The number of benzene rings is 1. The number of hydrogen-bond acceptors (Lipinski definition) is 5. The van der Waals surface area contributed by atoms with Gasteiger partial charge in [-0.05, 0) is 12.1 Å². The number of para-hydroxylation sites is 1. The van der Waals surface area contributed by atoms with Gasteiger partial charge in [0.1, 0.15) is 36.8 Å². The van der Waals surface area contributed by atoms with E-state index in [1.54, 1.807) is 11.0 Å². The SMILES string of the molecule is O/N=C1/c2ccccc2OCC1n1cncn1. The molecule has 0 saturated carbocycles. The molecule has 0 spiro atoms. The molecule has 86 valence electrons. The van der Waals surface area contributed by atoms with E-state index in [2.05, 4.69) is 15.2 Å². The fourth-order valence-electron chi connectivity index (χ4n) is 1.93. The lowest BCUT2D eigenvalue weighted by atomic mass is 10.0. The van der Waals surface area contributed by atoms with E-state index >= 15 is 0 Å². The Labute approximate surface area is 97.2 Å². The Morgan fingerprint density at radius 1 is 1.41 bits per heavy atom. The van der Waals surface area contributed by atoms with E-state index in [1.807, 2.05) is 24.3 Å². The Bertz CT molecular complexity index is 550. The molecule has 0 bridgehead atoms. The summed E-state index contributed by atoms with van der Waals surface area (Å²) in [6, 6.07) is 7.20. The summed E-state index contributed by atoms with van der Waals surface area (Å²) in [4.78, 5) is 3.88. The van der Waals surface area contributed by atoms with Gasteiger partial charge in [0, 0.05) is 5.56 Å². The maximum Gasteiger partial charge on any atom is 0.137 e. The third-order valence-electron chi connectivity index (χ3n) is 2.74. The molecule has 1 aliphatic rings. The van der Waals surface area contributed by atoms with Gasteiger partial charge in [-0.2, -0.15) is 5.10 Å². The first kappa shape index (κ1) is 9.83. The Balaban J connectivity index is 2.07. The maximum absolute atomic E-state index is 9.18. The molecule has 1 unspecified atom stereocenters. The van der Waals surface area contributed by atoms with Gasteiger partial charge in [-0.25, -0.2) is 9.67 Å². The summed E-state index contributed by atoms with van der Waals surface area (Å²) in [7, 11) is 0. The minimum atomic E-state index is -0.252. The number of hydrogen-bond donors (Lipinski definition) is 1. The topological polar surface area (TPSA) is 72.5 Å². The van der Waals surface area contributed by atoms with Crippen LogP contribution in [0, 0.1) is 0 Å². The van der Waals surface area contributed by atoms with Crippen LogP contribution in [0.3, 0.4) is 0 Å². The lowest BCUT2D eigenvalue weighted by Crippen LogP contribution is -2.31. The Kier molecular flexibility index (Phi) is 2.25. The zero-order chi connectivity index (χ0) is 11.7.